The van der Waals surface area contributed by atoms with E-state index in [-0.39, 0.29) is 11.8 Å². The summed E-state index contributed by atoms with van der Waals surface area (Å²) >= 11 is 1.58. The number of thiazole rings is 1. The molecule has 0 saturated carbocycles. The van der Waals surface area contributed by atoms with Crippen molar-refractivity contribution >= 4 is 17.2 Å². The molecule has 4 nitrogen and oxygen atoms in total. The van der Waals surface area contributed by atoms with Crippen LogP contribution in [0.1, 0.15) is 22.2 Å². The number of nitrogens with one attached hydrogen (secondary N) is 1. The minimum atomic E-state index is -0.305. The van der Waals surface area contributed by atoms with Gasteiger partial charge in [0.25, 0.3) is 0 Å². The third-order valence-electron chi connectivity index (χ3n) is 2.86. The second-order valence-corrected chi connectivity index (χ2v) is 5.34. The average molecular weight is 275 g/mol. The van der Waals surface area contributed by atoms with Gasteiger partial charge in [0, 0.05) is 11.9 Å². The van der Waals surface area contributed by atoms with Gasteiger partial charge in [0.05, 0.1) is 23.2 Å². The van der Waals surface area contributed by atoms with Crippen LogP contribution in [0, 0.1) is 6.92 Å². The third kappa shape index (κ3) is 3.62. The fraction of sp³-hybridized carbons (Fsp3) is 0.286. The predicted molar refractivity (Wildman–Crippen MR) is 76.9 cm³/mol. The molecule has 1 aromatic heterocycles. The molecule has 1 heterocycles. The molecule has 0 aliphatic carbocycles. The van der Waals surface area contributed by atoms with Gasteiger partial charge in [0.2, 0.25) is 5.91 Å². The quantitative estimate of drug-likeness (QED) is 0.874. The standard InChI is InChI=1S/C14H17N3OS/c1-10-17-12(9-19-10)8-16-14(18)13(7-15)11-5-3-2-4-6-11/h2-6,9,13H,7-8,15H2,1H3,(H,16,18). The van der Waals surface area contributed by atoms with E-state index in [1.54, 1.807) is 11.3 Å². The van der Waals surface area contributed by atoms with Crippen molar-refractivity contribution in [2.24, 2.45) is 5.73 Å². The Morgan fingerprint density at radius 1 is 1.42 bits per heavy atom. The molecule has 0 fully saturated rings. The smallest absolute Gasteiger partial charge is 0.229 e. The van der Waals surface area contributed by atoms with Crippen LogP contribution in [0.3, 0.4) is 0 Å². The highest BCUT2D eigenvalue weighted by Crippen LogP contribution is 2.14. The van der Waals surface area contributed by atoms with Crippen LogP contribution >= 0.6 is 11.3 Å². The van der Waals surface area contributed by atoms with Crippen molar-refractivity contribution < 1.29 is 4.79 Å². The van der Waals surface area contributed by atoms with Gasteiger partial charge in [-0.1, -0.05) is 30.3 Å². The lowest BCUT2D eigenvalue weighted by Crippen LogP contribution is -2.33. The summed E-state index contributed by atoms with van der Waals surface area (Å²) in [6.07, 6.45) is 0. The van der Waals surface area contributed by atoms with Gasteiger partial charge < -0.3 is 11.1 Å². The topological polar surface area (TPSA) is 68.0 Å². The number of hydrogen-bond donors (Lipinski definition) is 2. The molecule has 2 rings (SSSR count). The molecule has 3 N–H and O–H groups in total. The normalized spacial score (nSPS) is 12.1. The highest BCUT2D eigenvalue weighted by Gasteiger charge is 2.18. The number of carbonyl (C=O) groups excluding carboxylic acids is 1. The maximum Gasteiger partial charge on any atom is 0.229 e. The predicted octanol–water partition coefficient (Wildman–Crippen LogP) is 1.81. The highest BCUT2D eigenvalue weighted by atomic mass is 32.1. The summed E-state index contributed by atoms with van der Waals surface area (Å²) in [7, 11) is 0. The molecule has 1 atom stereocenters. The molecule has 0 bridgehead atoms. The lowest BCUT2D eigenvalue weighted by molar-refractivity contribution is -0.122. The monoisotopic (exact) mass is 275 g/mol. The summed E-state index contributed by atoms with van der Waals surface area (Å²) in [4.78, 5) is 16.5. The number of aryl methyl sites for hydroxylation is 1. The van der Waals surface area contributed by atoms with Crippen LogP contribution < -0.4 is 11.1 Å². The van der Waals surface area contributed by atoms with E-state index < -0.39 is 0 Å². The first kappa shape index (κ1) is 13.7. The summed E-state index contributed by atoms with van der Waals surface area (Å²) in [5.41, 5.74) is 7.53. The van der Waals surface area contributed by atoms with E-state index in [4.69, 9.17) is 5.73 Å². The van der Waals surface area contributed by atoms with Crippen LogP contribution in [0.5, 0.6) is 0 Å². The average Bonchev–Trinajstić information content (AvgIpc) is 2.84. The SMILES string of the molecule is Cc1nc(CNC(=O)C(CN)c2ccccc2)cs1. The molecule has 0 radical (unpaired) electrons. The maximum absolute atomic E-state index is 12.1. The summed E-state index contributed by atoms with van der Waals surface area (Å²) in [6.45, 7) is 2.70. The molecule has 0 aliphatic rings. The van der Waals surface area contributed by atoms with Crippen LogP contribution in [0.2, 0.25) is 0 Å². The van der Waals surface area contributed by atoms with Crippen molar-refractivity contribution in [3.05, 3.63) is 52.0 Å². The molecule has 5 heteroatoms. The third-order valence-corrected chi connectivity index (χ3v) is 3.69. The molecular weight excluding hydrogens is 258 g/mol. The first-order chi connectivity index (χ1) is 9.20. The van der Waals surface area contributed by atoms with E-state index in [9.17, 15) is 4.79 Å². The lowest BCUT2D eigenvalue weighted by Gasteiger charge is -2.14. The van der Waals surface area contributed by atoms with Crippen LogP contribution in [-0.4, -0.2) is 17.4 Å². The number of carbonyl (C=O) groups is 1. The summed E-state index contributed by atoms with van der Waals surface area (Å²) < 4.78 is 0. The number of nitrogens with zero attached hydrogens (tertiary/aromatic N) is 1. The van der Waals surface area contributed by atoms with Crippen molar-refractivity contribution in [1.82, 2.24) is 10.3 Å². The van der Waals surface area contributed by atoms with Crippen LogP contribution in [0.15, 0.2) is 35.7 Å². The summed E-state index contributed by atoms with van der Waals surface area (Å²) in [6, 6.07) is 9.59. The van der Waals surface area contributed by atoms with Gasteiger partial charge in [-0.25, -0.2) is 4.98 Å². The minimum absolute atomic E-state index is 0.0562. The molecule has 1 aromatic carbocycles. The van der Waals surface area contributed by atoms with Gasteiger partial charge in [-0.15, -0.1) is 11.3 Å². The first-order valence-corrected chi connectivity index (χ1v) is 7.02. The van der Waals surface area contributed by atoms with E-state index in [2.05, 4.69) is 10.3 Å². The van der Waals surface area contributed by atoms with Crippen LogP contribution in [0.25, 0.3) is 0 Å². The molecule has 0 spiro atoms. The van der Waals surface area contributed by atoms with E-state index in [1.807, 2.05) is 42.6 Å². The van der Waals surface area contributed by atoms with E-state index in [0.717, 1.165) is 16.3 Å². The Kier molecular flexibility index (Phi) is 4.65. The Labute approximate surface area is 116 Å². The van der Waals surface area contributed by atoms with E-state index in [0.29, 0.717) is 13.1 Å². The second-order valence-electron chi connectivity index (χ2n) is 4.27. The molecule has 100 valence electrons. The van der Waals surface area contributed by atoms with Gasteiger partial charge in [-0.2, -0.15) is 0 Å². The van der Waals surface area contributed by atoms with Crippen molar-refractivity contribution in [1.29, 1.82) is 0 Å². The molecule has 1 unspecified atom stereocenters. The van der Waals surface area contributed by atoms with Gasteiger partial charge in [-0.3, -0.25) is 4.79 Å². The fourth-order valence-electron chi connectivity index (χ4n) is 1.87. The summed E-state index contributed by atoms with van der Waals surface area (Å²) in [5, 5.41) is 5.84. The fourth-order valence-corrected chi connectivity index (χ4v) is 2.48. The van der Waals surface area contributed by atoms with Crippen LogP contribution in [0.4, 0.5) is 0 Å². The number of amides is 1. The van der Waals surface area contributed by atoms with Gasteiger partial charge >= 0.3 is 0 Å². The highest BCUT2D eigenvalue weighted by molar-refractivity contribution is 7.09. The Hall–Kier alpha value is -1.72. The number of rotatable bonds is 5. The van der Waals surface area contributed by atoms with Crippen molar-refractivity contribution in [2.75, 3.05) is 6.54 Å². The van der Waals surface area contributed by atoms with E-state index >= 15 is 0 Å². The molecule has 0 aliphatic heterocycles. The molecule has 19 heavy (non-hydrogen) atoms. The van der Waals surface area contributed by atoms with Crippen molar-refractivity contribution in [2.45, 2.75) is 19.4 Å². The van der Waals surface area contributed by atoms with E-state index in [1.165, 1.54) is 0 Å². The largest absolute Gasteiger partial charge is 0.350 e. The number of hydrogen-bond acceptors (Lipinski definition) is 4. The lowest BCUT2D eigenvalue weighted by atomic mass is 9.98. The molecule has 2 aromatic rings. The Balaban J connectivity index is 1.98. The Morgan fingerprint density at radius 3 is 2.74 bits per heavy atom. The Morgan fingerprint density at radius 2 is 2.16 bits per heavy atom. The minimum Gasteiger partial charge on any atom is -0.350 e. The van der Waals surface area contributed by atoms with Crippen molar-refractivity contribution in [3.8, 4) is 0 Å². The number of nitrogens with two attached hydrogens (primary N) is 1. The Bertz CT molecular complexity index is 539. The molecular formula is C14H17N3OS. The number of aromatic nitrogens is 1. The second kappa shape index (κ2) is 6.45. The zero-order chi connectivity index (χ0) is 13.7. The zero-order valence-corrected chi connectivity index (χ0v) is 11.6. The van der Waals surface area contributed by atoms with Gasteiger partial charge in [-0.05, 0) is 12.5 Å². The molecule has 0 saturated heterocycles. The zero-order valence-electron chi connectivity index (χ0n) is 10.8. The first-order valence-electron chi connectivity index (χ1n) is 6.14. The summed E-state index contributed by atoms with van der Waals surface area (Å²) in [5.74, 6) is -0.361. The number of benzene rings is 1. The van der Waals surface area contributed by atoms with Crippen LogP contribution in [-0.2, 0) is 11.3 Å². The molecule has 1 amide bonds. The van der Waals surface area contributed by atoms with Crippen molar-refractivity contribution in [3.63, 3.8) is 0 Å². The maximum atomic E-state index is 12.1. The van der Waals surface area contributed by atoms with Gasteiger partial charge in [0.15, 0.2) is 0 Å². The van der Waals surface area contributed by atoms with Gasteiger partial charge in [0.1, 0.15) is 0 Å².